The fourth-order valence-electron chi connectivity index (χ4n) is 2.38. The molecule has 0 bridgehead atoms. The molecule has 1 atom stereocenters. The van der Waals surface area contributed by atoms with E-state index in [0.717, 1.165) is 11.5 Å². The van der Waals surface area contributed by atoms with E-state index in [1.807, 2.05) is 13.0 Å². The van der Waals surface area contributed by atoms with Crippen molar-refractivity contribution in [2.75, 3.05) is 5.32 Å². The van der Waals surface area contributed by atoms with E-state index in [2.05, 4.69) is 41.2 Å². The number of nitrogens with one attached hydrogen (secondary N) is 1. The molecule has 18 heavy (non-hydrogen) atoms. The molecule has 0 spiro atoms. The van der Waals surface area contributed by atoms with Gasteiger partial charge >= 0.3 is 0 Å². The molecule has 0 aliphatic carbocycles. The van der Waals surface area contributed by atoms with E-state index in [1.165, 1.54) is 19.2 Å². The highest BCUT2D eigenvalue weighted by Crippen LogP contribution is 2.18. The van der Waals surface area contributed by atoms with E-state index in [0.29, 0.717) is 17.7 Å². The molecular weight excluding hydrogens is 226 g/mol. The molecule has 2 aromatic rings. The van der Waals surface area contributed by atoms with E-state index in [1.54, 1.807) is 4.52 Å². The van der Waals surface area contributed by atoms with Crippen LogP contribution in [0.1, 0.15) is 39.3 Å². The van der Waals surface area contributed by atoms with E-state index in [4.69, 9.17) is 0 Å². The first-order valence-corrected chi connectivity index (χ1v) is 6.59. The second kappa shape index (κ2) is 5.33. The topological polar surface area (TPSA) is 55.1 Å². The highest BCUT2D eigenvalue weighted by molar-refractivity contribution is 5.45. The molecule has 0 aliphatic rings. The number of hydrogen-bond acceptors (Lipinski definition) is 4. The number of rotatable bonds is 5. The van der Waals surface area contributed by atoms with Gasteiger partial charge in [-0.2, -0.15) is 14.6 Å². The third kappa shape index (κ3) is 2.44. The smallest absolute Gasteiger partial charge is 0.254 e. The Hall–Kier alpha value is -1.65. The maximum absolute atomic E-state index is 4.34. The molecule has 2 rings (SSSR count). The Morgan fingerprint density at radius 1 is 1.33 bits per heavy atom. The van der Waals surface area contributed by atoms with Crippen LogP contribution in [-0.2, 0) is 0 Å². The van der Waals surface area contributed by atoms with Crippen molar-refractivity contribution in [2.45, 2.75) is 46.6 Å². The quantitative estimate of drug-likeness (QED) is 0.882. The van der Waals surface area contributed by atoms with Crippen molar-refractivity contribution in [2.24, 2.45) is 5.92 Å². The normalized spacial score (nSPS) is 13.2. The number of anilines is 1. The van der Waals surface area contributed by atoms with Gasteiger partial charge in [-0.25, -0.2) is 4.98 Å². The highest BCUT2D eigenvalue weighted by atomic mass is 15.4. The Bertz CT molecular complexity index is 515. The van der Waals surface area contributed by atoms with Crippen LogP contribution in [0.15, 0.2) is 12.4 Å². The maximum Gasteiger partial charge on any atom is 0.254 e. The van der Waals surface area contributed by atoms with Gasteiger partial charge in [0.05, 0.1) is 0 Å². The lowest BCUT2D eigenvalue weighted by Gasteiger charge is -2.23. The summed E-state index contributed by atoms with van der Waals surface area (Å²) in [4.78, 5) is 8.47. The Labute approximate surface area is 108 Å². The van der Waals surface area contributed by atoms with Gasteiger partial charge in [-0.05, 0) is 19.8 Å². The SMILES string of the molecule is CCC(CC)C(C)Nc1cc(C)nc2ncnn12. The number of hydrogen-bond donors (Lipinski definition) is 1. The van der Waals surface area contributed by atoms with Crippen molar-refractivity contribution >= 4 is 11.6 Å². The Morgan fingerprint density at radius 2 is 2.06 bits per heavy atom. The molecule has 0 saturated heterocycles. The zero-order valence-electron chi connectivity index (χ0n) is 11.5. The van der Waals surface area contributed by atoms with Crippen LogP contribution in [0, 0.1) is 12.8 Å². The summed E-state index contributed by atoms with van der Waals surface area (Å²) < 4.78 is 1.76. The first-order valence-electron chi connectivity index (χ1n) is 6.59. The monoisotopic (exact) mass is 247 g/mol. The van der Waals surface area contributed by atoms with Crippen molar-refractivity contribution < 1.29 is 0 Å². The Kier molecular flexibility index (Phi) is 3.79. The van der Waals surface area contributed by atoms with Crippen molar-refractivity contribution in [3.8, 4) is 0 Å². The van der Waals surface area contributed by atoms with Gasteiger partial charge in [0.1, 0.15) is 12.1 Å². The average Bonchev–Trinajstić information content (AvgIpc) is 2.78. The van der Waals surface area contributed by atoms with Gasteiger partial charge in [0.15, 0.2) is 0 Å². The summed E-state index contributed by atoms with van der Waals surface area (Å²) >= 11 is 0. The van der Waals surface area contributed by atoms with Crippen LogP contribution in [0.4, 0.5) is 5.82 Å². The van der Waals surface area contributed by atoms with Crippen molar-refractivity contribution in [3.63, 3.8) is 0 Å². The number of aryl methyl sites for hydroxylation is 1. The van der Waals surface area contributed by atoms with E-state index < -0.39 is 0 Å². The number of fused-ring (bicyclic) bond motifs is 1. The molecule has 5 heteroatoms. The zero-order valence-corrected chi connectivity index (χ0v) is 11.5. The molecular formula is C13H21N5. The van der Waals surface area contributed by atoms with Crippen LogP contribution in [-0.4, -0.2) is 25.6 Å². The first kappa shape index (κ1) is 12.8. The fraction of sp³-hybridized carbons (Fsp3) is 0.615. The summed E-state index contributed by atoms with van der Waals surface area (Å²) in [6.45, 7) is 8.66. The average molecular weight is 247 g/mol. The summed E-state index contributed by atoms with van der Waals surface area (Å²) in [7, 11) is 0. The Balaban J connectivity index is 2.28. The summed E-state index contributed by atoms with van der Waals surface area (Å²) in [5.74, 6) is 2.28. The maximum atomic E-state index is 4.34. The van der Waals surface area contributed by atoms with Crippen LogP contribution >= 0.6 is 0 Å². The fourth-order valence-corrected chi connectivity index (χ4v) is 2.38. The standard InChI is InChI=1S/C13H21N5/c1-5-11(6-2)10(4)17-12-7-9(3)16-13-14-8-15-18(12)13/h7-8,10-11,17H,5-6H2,1-4H3. The molecule has 0 amide bonds. The predicted octanol–water partition coefficient (Wildman–Crippen LogP) is 2.67. The van der Waals surface area contributed by atoms with Crippen LogP contribution in [0.25, 0.3) is 5.78 Å². The minimum absolute atomic E-state index is 0.411. The largest absolute Gasteiger partial charge is 0.367 e. The van der Waals surface area contributed by atoms with Crippen LogP contribution in [0.3, 0.4) is 0 Å². The van der Waals surface area contributed by atoms with E-state index >= 15 is 0 Å². The lowest BCUT2D eigenvalue weighted by molar-refractivity contribution is 0.436. The molecule has 2 aromatic heterocycles. The molecule has 1 N–H and O–H groups in total. The first-order chi connectivity index (χ1) is 8.65. The second-order valence-corrected chi connectivity index (χ2v) is 4.76. The number of aromatic nitrogens is 4. The van der Waals surface area contributed by atoms with Crippen molar-refractivity contribution in [1.82, 2.24) is 19.6 Å². The third-order valence-electron chi connectivity index (χ3n) is 3.51. The van der Waals surface area contributed by atoms with Crippen molar-refractivity contribution in [3.05, 3.63) is 18.1 Å². The zero-order chi connectivity index (χ0) is 13.1. The minimum atomic E-state index is 0.411. The molecule has 5 nitrogen and oxygen atoms in total. The van der Waals surface area contributed by atoms with Gasteiger partial charge in [0.25, 0.3) is 5.78 Å². The molecule has 1 unspecified atom stereocenters. The second-order valence-electron chi connectivity index (χ2n) is 4.76. The minimum Gasteiger partial charge on any atom is -0.367 e. The lowest BCUT2D eigenvalue weighted by atomic mass is 9.95. The predicted molar refractivity (Wildman–Crippen MR) is 72.7 cm³/mol. The summed E-state index contributed by atoms with van der Waals surface area (Å²) in [6.07, 6.45) is 3.89. The van der Waals surface area contributed by atoms with Gasteiger partial charge in [-0.15, -0.1) is 0 Å². The van der Waals surface area contributed by atoms with Gasteiger partial charge in [-0.1, -0.05) is 26.7 Å². The third-order valence-corrected chi connectivity index (χ3v) is 3.51. The van der Waals surface area contributed by atoms with Crippen molar-refractivity contribution in [1.29, 1.82) is 0 Å². The van der Waals surface area contributed by atoms with Crippen LogP contribution in [0.2, 0.25) is 0 Å². The molecule has 0 fully saturated rings. The molecule has 98 valence electrons. The molecule has 0 saturated carbocycles. The summed E-state index contributed by atoms with van der Waals surface area (Å²) in [5, 5.41) is 7.74. The Morgan fingerprint density at radius 3 is 2.72 bits per heavy atom. The molecule has 0 aromatic carbocycles. The molecule has 0 aliphatic heterocycles. The van der Waals surface area contributed by atoms with Gasteiger partial charge in [-0.3, -0.25) is 0 Å². The van der Waals surface area contributed by atoms with Gasteiger partial charge < -0.3 is 5.32 Å². The highest BCUT2D eigenvalue weighted by Gasteiger charge is 2.15. The van der Waals surface area contributed by atoms with E-state index in [9.17, 15) is 0 Å². The van der Waals surface area contributed by atoms with Crippen LogP contribution < -0.4 is 5.32 Å². The lowest BCUT2D eigenvalue weighted by Crippen LogP contribution is -2.26. The molecule has 2 heterocycles. The van der Waals surface area contributed by atoms with E-state index in [-0.39, 0.29) is 0 Å². The molecule has 0 radical (unpaired) electrons. The summed E-state index contributed by atoms with van der Waals surface area (Å²) in [6, 6.07) is 2.43. The van der Waals surface area contributed by atoms with Crippen LogP contribution in [0.5, 0.6) is 0 Å². The van der Waals surface area contributed by atoms with Gasteiger partial charge in [0, 0.05) is 17.8 Å². The van der Waals surface area contributed by atoms with Gasteiger partial charge in [0.2, 0.25) is 0 Å². The summed E-state index contributed by atoms with van der Waals surface area (Å²) in [5.41, 5.74) is 0.953. The number of nitrogens with zero attached hydrogens (tertiary/aromatic N) is 4.